The van der Waals surface area contributed by atoms with Crippen molar-refractivity contribution in [1.29, 1.82) is 0 Å². The van der Waals surface area contributed by atoms with Crippen LogP contribution in [0.3, 0.4) is 0 Å². The van der Waals surface area contributed by atoms with E-state index >= 15 is 0 Å². The van der Waals surface area contributed by atoms with Crippen molar-refractivity contribution >= 4 is 10.1 Å². The van der Waals surface area contributed by atoms with Crippen molar-refractivity contribution in [2.24, 2.45) is 0 Å². The van der Waals surface area contributed by atoms with Gasteiger partial charge in [-0.1, -0.05) is 19.4 Å². The Morgan fingerprint density at radius 2 is 2.06 bits per heavy atom. The first-order valence-electron chi connectivity index (χ1n) is 5.13. The number of hydrogen-bond donors (Lipinski definition) is 1. The SMILES string of the molecule is CCCCc1ccc(S(=O)(=O)O)cc1OC. The van der Waals surface area contributed by atoms with Gasteiger partial charge in [-0.15, -0.1) is 0 Å². The van der Waals surface area contributed by atoms with E-state index in [-0.39, 0.29) is 4.90 Å². The molecule has 0 saturated carbocycles. The fourth-order valence-corrected chi connectivity index (χ4v) is 1.96. The zero-order chi connectivity index (χ0) is 12.2. The Morgan fingerprint density at radius 3 is 2.56 bits per heavy atom. The third-order valence-corrected chi connectivity index (χ3v) is 3.21. The third-order valence-electron chi connectivity index (χ3n) is 2.36. The van der Waals surface area contributed by atoms with Gasteiger partial charge in [-0.25, -0.2) is 0 Å². The lowest BCUT2D eigenvalue weighted by Crippen LogP contribution is -2.00. The molecular formula is C11H16O4S. The van der Waals surface area contributed by atoms with Crippen molar-refractivity contribution in [1.82, 2.24) is 0 Å². The van der Waals surface area contributed by atoms with Crippen LogP contribution in [0.15, 0.2) is 23.1 Å². The molecule has 0 bridgehead atoms. The average molecular weight is 244 g/mol. The molecule has 0 aliphatic heterocycles. The summed E-state index contributed by atoms with van der Waals surface area (Å²) in [6.07, 6.45) is 2.91. The third kappa shape index (κ3) is 3.21. The first-order chi connectivity index (χ1) is 7.49. The van der Waals surface area contributed by atoms with E-state index in [1.165, 1.54) is 19.2 Å². The Hall–Kier alpha value is -1.07. The fourth-order valence-electron chi connectivity index (χ4n) is 1.46. The van der Waals surface area contributed by atoms with Crippen molar-refractivity contribution in [3.05, 3.63) is 23.8 Å². The Morgan fingerprint density at radius 1 is 1.38 bits per heavy atom. The monoisotopic (exact) mass is 244 g/mol. The highest BCUT2D eigenvalue weighted by atomic mass is 32.2. The van der Waals surface area contributed by atoms with Crippen molar-refractivity contribution in [2.45, 2.75) is 31.1 Å². The number of ether oxygens (including phenoxy) is 1. The molecule has 0 aliphatic carbocycles. The number of rotatable bonds is 5. The molecule has 0 atom stereocenters. The van der Waals surface area contributed by atoms with Gasteiger partial charge in [0.2, 0.25) is 0 Å². The highest BCUT2D eigenvalue weighted by Crippen LogP contribution is 2.24. The smallest absolute Gasteiger partial charge is 0.294 e. The van der Waals surface area contributed by atoms with Gasteiger partial charge in [0.25, 0.3) is 10.1 Å². The molecule has 0 spiro atoms. The van der Waals surface area contributed by atoms with Crippen LogP contribution in [0.4, 0.5) is 0 Å². The van der Waals surface area contributed by atoms with Gasteiger partial charge in [0.05, 0.1) is 12.0 Å². The number of benzene rings is 1. The molecule has 0 saturated heterocycles. The normalized spacial score (nSPS) is 11.4. The van der Waals surface area contributed by atoms with Crippen molar-refractivity contribution in [3.8, 4) is 5.75 Å². The standard InChI is InChI=1S/C11H16O4S/c1-3-4-5-9-6-7-10(16(12,13)14)8-11(9)15-2/h6-8H,3-5H2,1-2H3,(H,12,13,14). The minimum absolute atomic E-state index is 0.135. The van der Waals surface area contributed by atoms with Crippen molar-refractivity contribution in [2.75, 3.05) is 7.11 Å². The molecule has 16 heavy (non-hydrogen) atoms. The predicted molar refractivity (Wildman–Crippen MR) is 61.4 cm³/mol. The maximum Gasteiger partial charge on any atom is 0.294 e. The van der Waals surface area contributed by atoms with Gasteiger partial charge < -0.3 is 4.74 Å². The van der Waals surface area contributed by atoms with Gasteiger partial charge in [0, 0.05) is 6.07 Å². The van der Waals surface area contributed by atoms with Crippen molar-refractivity contribution < 1.29 is 17.7 Å². The van der Waals surface area contributed by atoms with Crippen LogP contribution in [-0.4, -0.2) is 20.1 Å². The molecule has 0 amide bonds. The summed E-state index contributed by atoms with van der Waals surface area (Å²) in [4.78, 5) is -0.135. The summed E-state index contributed by atoms with van der Waals surface area (Å²) in [6, 6.07) is 4.42. The zero-order valence-corrected chi connectivity index (χ0v) is 10.3. The molecule has 1 aromatic carbocycles. The fraction of sp³-hybridized carbons (Fsp3) is 0.455. The van der Waals surface area contributed by atoms with E-state index in [9.17, 15) is 8.42 Å². The summed E-state index contributed by atoms with van der Waals surface area (Å²) in [7, 11) is -2.67. The highest BCUT2D eigenvalue weighted by molar-refractivity contribution is 7.85. The Balaban J connectivity index is 3.07. The van der Waals surface area contributed by atoms with Gasteiger partial charge in [-0.3, -0.25) is 4.55 Å². The summed E-state index contributed by atoms with van der Waals surface area (Å²) >= 11 is 0. The summed E-state index contributed by atoms with van der Waals surface area (Å²) in [6.45, 7) is 2.08. The maximum absolute atomic E-state index is 10.9. The van der Waals surface area contributed by atoms with Crippen LogP contribution in [0.5, 0.6) is 5.75 Å². The largest absolute Gasteiger partial charge is 0.496 e. The van der Waals surface area contributed by atoms with Crippen LogP contribution in [0.1, 0.15) is 25.3 Å². The number of aryl methyl sites for hydroxylation is 1. The Kier molecular flexibility index (Phi) is 4.32. The second-order valence-electron chi connectivity index (χ2n) is 3.55. The summed E-state index contributed by atoms with van der Waals surface area (Å²) in [5.74, 6) is 0.503. The lowest BCUT2D eigenvalue weighted by atomic mass is 10.1. The highest BCUT2D eigenvalue weighted by Gasteiger charge is 2.12. The average Bonchev–Trinajstić information content (AvgIpc) is 2.24. The van der Waals surface area contributed by atoms with Crippen LogP contribution in [0.2, 0.25) is 0 Å². The molecule has 4 nitrogen and oxygen atoms in total. The van der Waals surface area contributed by atoms with Gasteiger partial charge >= 0.3 is 0 Å². The van der Waals surface area contributed by atoms with Crippen LogP contribution in [0, 0.1) is 0 Å². The zero-order valence-electron chi connectivity index (χ0n) is 9.43. The van der Waals surface area contributed by atoms with E-state index in [2.05, 4.69) is 6.92 Å². The van der Waals surface area contributed by atoms with Gasteiger partial charge in [0.15, 0.2) is 0 Å². The van der Waals surface area contributed by atoms with E-state index in [0.29, 0.717) is 5.75 Å². The second-order valence-corrected chi connectivity index (χ2v) is 4.97. The molecule has 0 fully saturated rings. The molecule has 0 heterocycles. The Labute approximate surface area is 96.0 Å². The molecule has 5 heteroatoms. The van der Waals surface area contributed by atoms with Gasteiger partial charge in [-0.05, 0) is 24.5 Å². The lowest BCUT2D eigenvalue weighted by molar-refractivity contribution is 0.406. The lowest BCUT2D eigenvalue weighted by Gasteiger charge is -2.09. The van der Waals surface area contributed by atoms with Gasteiger partial charge in [-0.2, -0.15) is 8.42 Å². The number of unbranched alkanes of at least 4 members (excludes halogenated alkanes) is 1. The van der Waals surface area contributed by atoms with Gasteiger partial charge in [0.1, 0.15) is 5.75 Å². The molecule has 90 valence electrons. The van der Waals surface area contributed by atoms with E-state index in [4.69, 9.17) is 9.29 Å². The van der Waals surface area contributed by atoms with Crippen LogP contribution in [0.25, 0.3) is 0 Å². The van der Waals surface area contributed by atoms with E-state index in [1.807, 2.05) is 0 Å². The van der Waals surface area contributed by atoms with E-state index in [0.717, 1.165) is 24.8 Å². The quantitative estimate of drug-likeness (QED) is 0.807. The topological polar surface area (TPSA) is 63.6 Å². The van der Waals surface area contributed by atoms with Crippen molar-refractivity contribution in [3.63, 3.8) is 0 Å². The molecule has 1 N–H and O–H groups in total. The van der Waals surface area contributed by atoms with E-state index in [1.54, 1.807) is 6.07 Å². The summed E-state index contributed by atoms with van der Waals surface area (Å²) in [5.41, 5.74) is 0.955. The molecule has 0 radical (unpaired) electrons. The first kappa shape index (κ1) is 13.0. The van der Waals surface area contributed by atoms with Crippen LogP contribution < -0.4 is 4.74 Å². The summed E-state index contributed by atoms with van der Waals surface area (Å²) in [5, 5.41) is 0. The molecular weight excluding hydrogens is 228 g/mol. The molecule has 1 rings (SSSR count). The second kappa shape index (κ2) is 5.32. The van der Waals surface area contributed by atoms with Crippen LogP contribution >= 0.6 is 0 Å². The minimum atomic E-state index is -4.15. The van der Waals surface area contributed by atoms with E-state index < -0.39 is 10.1 Å². The molecule has 0 aliphatic rings. The maximum atomic E-state index is 10.9. The molecule has 0 aromatic heterocycles. The summed E-state index contributed by atoms with van der Waals surface area (Å²) < 4.78 is 35.8. The Bertz CT molecular complexity index is 451. The number of hydrogen-bond acceptors (Lipinski definition) is 3. The minimum Gasteiger partial charge on any atom is -0.496 e. The number of methoxy groups -OCH3 is 1. The predicted octanol–water partition coefficient (Wildman–Crippen LogP) is 2.28. The molecule has 1 aromatic rings. The van der Waals surface area contributed by atoms with Crippen LogP contribution in [-0.2, 0) is 16.5 Å². The molecule has 0 unspecified atom stereocenters. The first-order valence-corrected chi connectivity index (χ1v) is 6.57.